The highest BCUT2D eigenvalue weighted by molar-refractivity contribution is 6.06. The van der Waals surface area contributed by atoms with Crippen molar-refractivity contribution in [2.75, 3.05) is 20.1 Å². The van der Waals surface area contributed by atoms with Gasteiger partial charge in [-0.15, -0.1) is 0 Å². The van der Waals surface area contributed by atoms with Crippen LogP contribution < -0.4 is 5.48 Å². The highest BCUT2D eigenvalue weighted by Crippen LogP contribution is 2.21. The largest absolute Gasteiger partial charge is 0.306 e. The molecule has 0 spiro atoms. The lowest BCUT2D eigenvalue weighted by Gasteiger charge is -2.28. The number of allylic oxidation sites excluding steroid dienone is 1. The van der Waals surface area contributed by atoms with Crippen molar-refractivity contribution < 1.29 is 14.8 Å². The summed E-state index contributed by atoms with van der Waals surface area (Å²) < 4.78 is 0. The molecule has 0 atom stereocenters. The Kier molecular flexibility index (Phi) is 7.65. The Morgan fingerprint density at radius 3 is 2.47 bits per heavy atom. The maximum absolute atomic E-state index is 12.4. The quantitative estimate of drug-likeness (QED) is 0.319. The lowest BCUT2D eigenvalue weighted by Crippen LogP contribution is -2.30. The van der Waals surface area contributed by atoms with Crippen molar-refractivity contribution in [3.05, 3.63) is 77.1 Å². The molecule has 0 aliphatic carbocycles. The molecule has 30 heavy (non-hydrogen) atoms. The summed E-state index contributed by atoms with van der Waals surface area (Å²) in [6, 6.07) is 11.4. The van der Waals surface area contributed by atoms with E-state index in [1.54, 1.807) is 24.4 Å². The summed E-state index contributed by atoms with van der Waals surface area (Å²) in [5.74, 6) is 0.0548. The second-order valence-corrected chi connectivity index (χ2v) is 7.67. The average molecular weight is 405 g/mol. The maximum atomic E-state index is 12.4. The number of carbonyl (C=O) groups is 2. The van der Waals surface area contributed by atoms with Crippen molar-refractivity contribution in [1.29, 1.82) is 0 Å². The first kappa shape index (κ1) is 21.6. The van der Waals surface area contributed by atoms with Crippen LogP contribution in [-0.2, 0) is 11.2 Å². The van der Waals surface area contributed by atoms with E-state index in [2.05, 4.69) is 29.1 Å². The van der Waals surface area contributed by atoms with E-state index in [4.69, 9.17) is 5.21 Å². The first-order valence-corrected chi connectivity index (χ1v) is 10.1. The number of amides is 1. The number of hydrogen-bond donors (Lipinski definition) is 2. The highest BCUT2D eigenvalue weighted by atomic mass is 16.5. The van der Waals surface area contributed by atoms with Gasteiger partial charge in [0, 0.05) is 17.8 Å². The summed E-state index contributed by atoms with van der Waals surface area (Å²) in [6.45, 7) is 2.33. The zero-order valence-corrected chi connectivity index (χ0v) is 17.1. The molecule has 6 nitrogen and oxygen atoms in total. The van der Waals surface area contributed by atoms with Gasteiger partial charge < -0.3 is 4.90 Å². The Morgan fingerprint density at radius 1 is 1.10 bits per heavy atom. The fraction of sp³-hybridized carbons (Fsp3) is 0.292. The number of carbonyl (C=O) groups excluding carboxylic acids is 2. The number of nitrogens with zero attached hydrogens (tertiary/aromatic N) is 2. The van der Waals surface area contributed by atoms with Crippen LogP contribution in [0.2, 0.25) is 0 Å². The van der Waals surface area contributed by atoms with Crippen LogP contribution in [0.1, 0.15) is 40.0 Å². The van der Waals surface area contributed by atoms with Gasteiger partial charge in [0.05, 0.1) is 5.69 Å². The van der Waals surface area contributed by atoms with Gasteiger partial charge in [0.1, 0.15) is 0 Å². The molecule has 1 aromatic heterocycles. The minimum atomic E-state index is -0.622. The molecule has 6 heteroatoms. The molecule has 0 bridgehead atoms. The molecule has 1 fully saturated rings. The van der Waals surface area contributed by atoms with Gasteiger partial charge in [-0.05, 0) is 80.7 Å². The highest BCUT2D eigenvalue weighted by Gasteiger charge is 2.16. The second-order valence-electron chi connectivity index (χ2n) is 7.67. The number of benzene rings is 1. The molecule has 2 N–H and O–H groups in total. The van der Waals surface area contributed by atoms with E-state index in [1.165, 1.54) is 42.1 Å². The Morgan fingerprint density at radius 2 is 1.83 bits per heavy atom. The molecule has 0 radical (unpaired) electrons. The van der Waals surface area contributed by atoms with Crippen molar-refractivity contribution in [2.45, 2.75) is 19.3 Å². The van der Waals surface area contributed by atoms with E-state index in [9.17, 15) is 9.59 Å². The number of hydroxylamine groups is 1. The average Bonchev–Trinajstić information content (AvgIpc) is 2.78. The monoisotopic (exact) mass is 405 g/mol. The molecular weight excluding hydrogens is 378 g/mol. The molecule has 156 valence electrons. The van der Waals surface area contributed by atoms with Crippen molar-refractivity contribution >= 4 is 23.8 Å². The number of ketones is 1. The molecule has 1 saturated heterocycles. The van der Waals surface area contributed by atoms with Gasteiger partial charge in [-0.1, -0.05) is 30.3 Å². The number of piperidine rings is 1. The molecule has 1 amide bonds. The predicted octanol–water partition coefficient (Wildman–Crippen LogP) is 3.38. The zero-order valence-electron chi connectivity index (χ0n) is 17.1. The number of hydrogen-bond acceptors (Lipinski definition) is 5. The second kappa shape index (κ2) is 10.6. The maximum Gasteiger partial charge on any atom is 0.267 e. The topological polar surface area (TPSA) is 82.5 Å². The van der Waals surface area contributed by atoms with Gasteiger partial charge in [-0.25, -0.2) is 5.48 Å². The molecular formula is C24H27N3O3. The van der Waals surface area contributed by atoms with Crippen molar-refractivity contribution in [3.8, 4) is 0 Å². The first-order chi connectivity index (χ1) is 14.5. The molecule has 0 saturated carbocycles. The lowest BCUT2D eigenvalue weighted by atomic mass is 9.90. The third-order valence-corrected chi connectivity index (χ3v) is 5.35. The molecule has 1 aliphatic rings. The van der Waals surface area contributed by atoms with E-state index < -0.39 is 5.91 Å². The SMILES string of the molecule is CN1CCC(Cc2ccc(C(=O)/C=C/c3ccc(/C=C/C(=O)NO)nc3)cc2)CC1. The van der Waals surface area contributed by atoms with Crippen LogP contribution in [0.4, 0.5) is 0 Å². The fourth-order valence-corrected chi connectivity index (χ4v) is 3.49. The zero-order chi connectivity index (χ0) is 21.3. The first-order valence-electron chi connectivity index (χ1n) is 10.1. The van der Waals surface area contributed by atoms with Crippen LogP contribution >= 0.6 is 0 Å². The molecule has 2 aromatic rings. The van der Waals surface area contributed by atoms with E-state index in [1.807, 2.05) is 12.1 Å². The third-order valence-electron chi connectivity index (χ3n) is 5.35. The van der Waals surface area contributed by atoms with Gasteiger partial charge in [0.15, 0.2) is 5.78 Å². The smallest absolute Gasteiger partial charge is 0.267 e. The molecule has 1 aliphatic heterocycles. The Bertz CT molecular complexity index is 910. The van der Waals surface area contributed by atoms with E-state index in [-0.39, 0.29) is 5.78 Å². The van der Waals surface area contributed by atoms with Gasteiger partial charge in [-0.2, -0.15) is 0 Å². The minimum absolute atomic E-state index is 0.0515. The number of likely N-dealkylation sites (tertiary alicyclic amines) is 1. The normalized spacial score (nSPS) is 15.7. The number of nitrogens with one attached hydrogen (secondary N) is 1. The van der Waals surface area contributed by atoms with Crippen LogP contribution in [0.15, 0.2) is 54.7 Å². The van der Waals surface area contributed by atoms with E-state index in [0.717, 1.165) is 31.0 Å². The van der Waals surface area contributed by atoms with Gasteiger partial charge >= 0.3 is 0 Å². The Labute approximate surface area is 176 Å². The number of aromatic nitrogens is 1. The summed E-state index contributed by atoms with van der Waals surface area (Å²) in [7, 11) is 2.17. The number of pyridine rings is 1. The summed E-state index contributed by atoms with van der Waals surface area (Å²) in [6.07, 6.45) is 11.1. The summed E-state index contributed by atoms with van der Waals surface area (Å²) in [5.41, 5.74) is 4.82. The van der Waals surface area contributed by atoms with Crippen LogP contribution in [-0.4, -0.2) is 46.9 Å². The fourth-order valence-electron chi connectivity index (χ4n) is 3.49. The lowest BCUT2D eigenvalue weighted by molar-refractivity contribution is -0.124. The van der Waals surface area contributed by atoms with Crippen molar-refractivity contribution in [3.63, 3.8) is 0 Å². The molecule has 1 aromatic carbocycles. The van der Waals surface area contributed by atoms with Gasteiger partial charge in [0.25, 0.3) is 5.91 Å². The van der Waals surface area contributed by atoms with Crippen molar-refractivity contribution in [2.24, 2.45) is 5.92 Å². The van der Waals surface area contributed by atoms with Crippen LogP contribution in [0.25, 0.3) is 12.2 Å². The van der Waals surface area contributed by atoms with E-state index in [0.29, 0.717) is 11.3 Å². The van der Waals surface area contributed by atoms with Gasteiger partial charge in [0.2, 0.25) is 0 Å². The Hall–Kier alpha value is -3.09. The van der Waals surface area contributed by atoms with Crippen molar-refractivity contribution in [1.82, 2.24) is 15.4 Å². The van der Waals surface area contributed by atoms with Crippen LogP contribution in [0, 0.1) is 5.92 Å². The minimum Gasteiger partial charge on any atom is -0.306 e. The summed E-state index contributed by atoms with van der Waals surface area (Å²) in [5, 5.41) is 8.46. The van der Waals surface area contributed by atoms with E-state index >= 15 is 0 Å². The molecule has 3 rings (SSSR count). The number of rotatable bonds is 7. The molecule has 2 heterocycles. The van der Waals surface area contributed by atoms with Crippen LogP contribution in [0.3, 0.4) is 0 Å². The Balaban J connectivity index is 1.54. The molecule has 0 unspecified atom stereocenters. The predicted molar refractivity (Wildman–Crippen MR) is 117 cm³/mol. The summed E-state index contributed by atoms with van der Waals surface area (Å²) >= 11 is 0. The summed E-state index contributed by atoms with van der Waals surface area (Å²) in [4.78, 5) is 30.0. The standard InChI is InChI=1S/C24H27N3O3/c1-27-14-12-19(13-15-27)16-18-2-6-21(7-3-18)23(28)10-5-20-4-8-22(25-17-20)9-11-24(29)26-30/h2-11,17,19,30H,12-16H2,1H3,(H,26,29)/b10-5+,11-9+. The van der Waals surface area contributed by atoms with Gasteiger partial charge in [-0.3, -0.25) is 19.8 Å². The third kappa shape index (κ3) is 6.47. The van der Waals surface area contributed by atoms with Crippen LogP contribution in [0.5, 0.6) is 0 Å².